The zero-order chi connectivity index (χ0) is 13.3. The van der Waals surface area contributed by atoms with Crippen molar-refractivity contribution in [2.45, 2.75) is 0 Å². The fraction of sp³-hybridized carbons (Fsp3) is 0.167. The number of anilines is 1. The number of ether oxygens (including phenoxy) is 2. The second-order valence-electron chi connectivity index (χ2n) is 3.56. The van der Waals surface area contributed by atoms with E-state index >= 15 is 0 Å². The molecule has 0 bridgehead atoms. The standard InChI is InChI=1S/C12H11NO5/c1-16-6-3-7-9(14)5-10(12(15)17-2)18-11(7)8(13)4-6/h3-5H,13H2,1-2H3. The van der Waals surface area contributed by atoms with Crippen molar-refractivity contribution in [1.29, 1.82) is 0 Å². The minimum atomic E-state index is -0.732. The molecule has 1 heterocycles. The number of esters is 1. The molecule has 2 aromatic rings. The summed E-state index contributed by atoms with van der Waals surface area (Å²) < 4.78 is 14.8. The number of benzene rings is 1. The van der Waals surface area contributed by atoms with Gasteiger partial charge in [-0.2, -0.15) is 0 Å². The maximum atomic E-state index is 11.9. The molecule has 0 radical (unpaired) electrons. The van der Waals surface area contributed by atoms with Gasteiger partial charge in [0.25, 0.3) is 0 Å². The van der Waals surface area contributed by atoms with E-state index in [9.17, 15) is 9.59 Å². The Balaban J connectivity index is 2.78. The van der Waals surface area contributed by atoms with Crippen LogP contribution < -0.4 is 15.9 Å². The van der Waals surface area contributed by atoms with Crippen molar-refractivity contribution in [2.75, 3.05) is 20.0 Å². The predicted molar refractivity (Wildman–Crippen MR) is 64.8 cm³/mol. The van der Waals surface area contributed by atoms with E-state index in [1.807, 2.05) is 0 Å². The smallest absolute Gasteiger partial charge is 0.374 e. The Hall–Kier alpha value is -2.50. The van der Waals surface area contributed by atoms with Gasteiger partial charge in [0.2, 0.25) is 5.76 Å². The van der Waals surface area contributed by atoms with Crippen LogP contribution in [0.5, 0.6) is 5.75 Å². The van der Waals surface area contributed by atoms with Gasteiger partial charge in [-0.25, -0.2) is 4.79 Å². The van der Waals surface area contributed by atoms with Crippen molar-refractivity contribution in [1.82, 2.24) is 0 Å². The van der Waals surface area contributed by atoms with Crippen LogP contribution >= 0.6 is 0 Å². The van der Waals surface area contributed by atoms with E-state index in [4.69, 9.17) is 14.9 Å². The third-order valence-electron chi connectivity index (χ3n) is 2.45. The molecular formula is C12H11NO5. The van der Waals surface area contributed by atoms with Crippen LogP contribution in [-0.4, -0.2) is 20.2 Å². The average molecular weight is 249 g/mol. The Morgan fingerprint density at radius 2 is 2.00 bits per heavy atom. The largest absolute Gasteiger partial charge is 0.497 e. The van der Waals surface area contributed by atoms with E-state index in [0.717, 1.165) is 6.07 Å². The maximum absolute atomic E-state index is 11.9. The molecule has 18 heavy (non-hydrogen) atoms. The lowest BCUT2D eigenvalue weighted by Gasteiger charge is -2.06. The molecule has 0 aliphatic carbocycles. The maximum Gasteiger partial charge on any atom is 0.374 e. The van der Waals surface area contributed by atoms with E-state index in [-0.39, 0.29) is 27.8 Å². The summed E-state index contributed by atoms with van der Waals surface area (Å²) >= 11 is 0. The molecule has 0 amide bonds. The van der Waals surface area contributed by atoms with Gasteiger partial charge < -0.3 is 19.6 Å². The second kappa shape index (κ2) is 4.40. The number of nitrogens with two attached hydrogens (primary N) is 1. The molecule has 0 saturated carbocycles. The number of hydrogen-bond donors (Lipinski definition) is 1. The number of methoxy groups -OCH3 is 2. The van der Waals surface area contributed by atoms with Crippen LogP contribution in [0.25, 0.3) is 11.0 Å². The monoisotopic (exact) mass is 249 g/mol. The quantitative estimate of drug-likeness (QED) is 0.634. The SMILES string of the molecule is COC(=O)c1cc(=O)c2cc(OC)cc(N)c2o1. The van der Waals surface area contributed by atoms with Gasteiger partial charge in [0, 0.05) is 12.1 Å². The van der Waals surface area contributed by atoms with Crippen molar-refractivity contribution in [3.05, 3.63) is 34.2 Å². The number of fused-ring (bicyclic) bond motifs is 1. The number of nitrogen functional groups attached to an aromatic ring is 1. The van der Waals surface area contributed by atoms with Gasteiger partial charge in [-0.3, -0.25) is 4.79 Å². The first kappa shape index (κ1) is 12.0. The van der Waals surface area contributed by atoms with E-state index < -0.39 is 5.97 Å². The molecule has 1 aromatic carbocycles. The van der Waals surface area contributed by atoms with E-state index in [1.165, 1.54) is 26.4 Å². The first-order valence-corrected chi connectivity index (χ1v) is 5.06. The molecule has 0 aliphatic heterocycles. The zero-order valence-corrected chi connectivity index (χ0v) is 9.85. The van der Waals surface area contributed by atoms with E-state index in [2.05, 4.69) is 4.74 Å². The van der Waals surface area contributed by atoms with E-state index in [1.54, 1.807) is 0 Å². The molecule has 0 aliphatic rings. The fourth-order valence-corrected chi connectivity index (χ4v) is 1.58. The third kappa shape index (κ3) is 1.88. The fourth-order valence-electron chi connectivity index (χ4n) is 1.58. The average Bonchev–Trinajstić information content (AvgIpc) is 2.38. The summed E-state index contributed by atoms with van der Waals surface area (Å²) in [7, 11) is 2.66. The third-order valence-corrected chi connectivity index (χ3v) is 2.45. The summed E-state index contributed by atoms with van der Waals surface area (Å²) in [4.78, 5) is 23.2. The minimum absolute atomic E-state index is 0.142. The van der Waals surface area contributed by atoms with Crippen LogP contribution in [0.1, 0.15) is 10.6 Å². The highest BCUT2D eigenvalue weighted by Gasteiger charge is 2.15. The molecule has 2 rings (SSSR count). The highest BCUT2D eigenvalue weighted by atomic mass is 16.5. The zero-order valence-electron chi connectivity index (χ0n) is 9.85. The predicted octanol–water partition coefficient (Wildman–Crippen LogP) is 1.17. The molecule has 6 heteroatoms. The molecule has 2 N–H and O–H groups in total. The lowest BCUT2D eigenvalue weighted by atomic mass is 10.2. The Bertz CT molecular complexity index is 674. The minimum Gasteiger partial charge on any atom is -0.497 e. The number of rotatable bonds is 2. The Morgan fingerprint density at radius 1 is 1.28 bits per heavy atom. The van der Waals surface area contributed by atoms with E-state index in [0.29, 0.717) is 5.75 Å². The van der Waals surface area contributed by atoms with Crippen molar-refractivity contribution in [3.8, 4) is 5.75 Å². The van der Waals surface area contributed by atoms with Crippen molar-refractivity contribution in [3.63, 3.8) is 0 Å². The first-order chi connectivity index (χ1) is 8.56. The summed E-state index contributed by atoms with van der Waals surface area (Å²) in [6.45, 7) is 0. The topological polar surface area (TPSA) is 91.8 Å². The molecule has 0 atom stereocenters. The Morgan fingerprint density at radius 3 is 2.61 bits per heavy atom. The van der Waals surface area contributed by atoms with Gasteiger partial charge in [-0.1, -0.05) is 0 Å². The second-order valence-corrected chi connectivity index (χ2v) is 3.56. The van der Waals surface area contributed by atoms with Crippen molar-refractivity contribution >= 4 is 22.6 Å². The molecular weight excluding hydrogens is 238 g/mol. The molecule has 6 nitrogen and oxygen atoms in total. The molecule has 0 fully saturated rings. The van der Waals surface area contributed by atoms with Gasteiger partial charge in [-0.05, 0) is 6.07 Å². The highest BCUT2D eigenvalue weighted by Crippen LogP contribution is 2.26. The van der Waals surface area contributed by atoms with Crippen molar-refractivity contribution < 1.29 is 18.7 Å². The normalized spacial score (nSPS) is 10.3. The van der Waals surface area contributed by atoms with Gasteiger partial charge >= 0.3 is 5.97 Å². The lowest BCUT2D eigenvalue weighted by molar-refractivity contribution is 0.0566. The van der Waals surface area contributed by atoms with Crippen LogP contribution in [0.2, 0.25) is 0 Å². The number of carbonyl (C=O) groups excluding carboxylic acids is 1. The van der Waals surface area contributed by atoms with Crippen molar-refractivity contribution in [2.24, 2.45) is 0 Å². The Labute approximate surface area is 102 Å². The summed E-state index contributed by atoms with van der Waals surface area (Å²) in [5, 5.41) is 0.250. The summed E-state index contributed by atoms with van der Waals surface area (Å²) in [6, 6.07) is 4.07. The van der Waals surface area contributed by atoms with Gasteiger partial charge in [-0.15, -0.1) is 0 Å². The van der Waals surface area contributed by atoms with Gasteiger partial charge in [0.1, 0.15) is 5.75 Å². The van der Waals surface area contributed by atoms with Crippen LogP contribution in [0, 0.1) is 0 Å². The van der Waals surface area contributed by atoms with Crippen LogP contribution in [0.4, 0.5) is 5.69 Å². The highest BCUT2D eigenvalue weighted by molar-refractivity contribution is 5.93. The Kier molecular flexibility index (Phi) is 2.93. The molecule has 0 saturated heterocycles. The summed E-state index contributed by atoms with van der Waals surface area (Å²) in [5.41, 5.74) is 5.72. The number of hydrogen-bond acceptors (Lipinski definition) is 6. The van der Waals surface area contributed by atoms with Gasteiger partial charge in [0.05, 0.1) is 25.3 Å². The molecule has 0 spiro atoms. The molecule has 1 aromatic heterocycles. The number of carbonyl (C=O) groups is 1. The molecule has 0 unspecified atom stereocenters. The van der Waals surface area contributed by atoms with Gasteiger partial charge in [0.15, 0.2) is 11.0 Å². The molecule has 94 valence electrons. The van der Waals surface area contributed by atoms with Crippen LogP contribution in [0.3, 0.4) is 0 Å². The summed E-state index contributed by atoms with van der Waals surface area (Å²) in [6.07, 6.45) is 0. The van der Waals surface area contributed by atoms with Crippen LogP contribution in [0.15, 0.2) is 27.4 Å². The first-order valence-electron chi connectivity index (χ1n) is 5.06. The van der Waals surface area contributed by atoms with Crippen LogP contribution in [-0.2, 0) is 4.74 Å². The summed E-state index contributed by atoms with van der Waals surface area (Å²) in [5.74, 6) is -0.478. The lowest BCUT2D eigenvalue weighted by Crippen LogP contribution is -2.09.